The summed E-state index contributed by atoms with van der Waals surface area (Å²) in [5.74, 6) is 0.592. The van der Waals surface area contributed by atoms with Gasteiger partial charge in [-0.15, -0.1) is 24.0 Å². The number of halogens is 1. The first-order valence-corrected chi connectivity index (χ1v) is 7.52. The second kappa shape index (κ2) is 9.80. The molecule has 2 aliphatic carbocycles. The summed E-state index contributed by atoms with van der Waals surface area (Å²) in [6.45, 7) is 1.39. The molecule has 0 radical (unpaired) electrons. The topological polar surface area (TPSA) is 59.6 Å². The molecule has 0 aliphatic heterocycles. The van der Waals surface area contributed by atoms with Crippen LogP contribution in [0, 0.1) is 0 Å². The largest absolute Gasteiger partial charge is 0.376 e. The molecule has 2 rings (SSSR count). The Morgan fingerprint density at radius 2 is 1.68 bits per heavy atom. The molecular weight excluding hydrogens is 353 g/mol. The lowest BCUT2D eigenvalue weighted by molar-refractivity contribution is 0.0334. The van der Waals surface area contributed by atoms with Crippen molar-refractivity contribution in [1.29, 1.82) is 0 Å². The Labute approximate surface area is 134 Å². The van der Waals surface area contributed by atoms with Crippen LogP contribution in [0.25, 0.3) is 0 Å². The highest BCUT2D eigenvalue weighted by atomic mass is 127. The Kier molecular flexibility index (Phi) is 8.77. The van der Waals surface area contributed by atoms with Gasteiger partial charge in [0.15, 0.2) is 5.96 Å². The zero-order chi connectivity index (χ0) is 12.6. The molecule has 0 unspecified atom stereocenters. The number of hydrogen-bond acceptors (Lipinski definition) is 2. The van der Waals surface area contributed by atoms with Gasteiger partial charge in [0.25, 0.3) is 0 Å². The Bertz CT molecular complexity index is 261. The third-order valence-electron chi connectivity index (χ3n) is 3.99. The minimum Gasteiger partial charge on any atom is -0.376 e. The SMILES string of the molecule is I.NC(=NCCOC1CCCCC1)NC1CCCC1. The van der Waals surface area contributed by atoms with Crippen molar-refractivity contribution in [3.8, 4) is 0 Å². The van der Waals surface area contributed by atoms with Crippen molar-refractivity contribution in [1.82, 2.24) is 5.32 Å². The lowest BCUT2D eigenvalue weighted by Gasteiger charge is -2.21. The van der Waals surface area contributed by atoms with Crippen LogP contribution < -0.4 is 11.1 Å². The fourth-order valence-electron chi connectivity index (χ4n) is 2.94. The highest BCUT2D eigenvalue weighted by Crippen LogP contribution is 2.20. The van der Waals surface area contributed by atoms with E-state index >= 15 is 0 Å². The molecule has 0 aromatic heterocycles. The standard InChI is InChI=1S/C14H27N3O.HI/c15-14(17-12-6-4-5-7-12)16-10-11-18-13-8-2-1-3-9-13;/h12-13H,1-11H2,(H3,15,16,17);1H. The second-order valence-electron chi connectivity index (χ2n) is 5.52. The lowest BCUT2D eigenvalue weighted by Crippen LogP contribution is -2.38. The molecule has 5 heteroatoms. The van der Waals surface area contributed by atoms with E-state index in [-0.39, 0.29) is 24.0 Å². The molecule has 0 bridgehead atoms. The molecule has 3 N–H and O–H groups in total. The smallest absolute Gasteiger partial charge is 0.188 e. The van der Waals surface area contributed by atoms with E-state index in [1.54, 1.807) is 0 Å². The molecule has 0 amide bonds. The van der Waals surface area contributed by atoms with Crippen molar-refractivity contribution in [2.24, 2.45) is 10.7 Å². The normalized spacial score (nSPS) is 22.2. The van der Waals surface area contributed by atoms with E-state index in [2.05, 4.69) is 10.3 Å². The van der Waals surface area contributed by atoms with Crippen LogP contribution in [-0.2, 0) is 4.74 Å². The van der Waals surface area contributed by atoms with Crippen LogP contribution in [0.1, 0.15) is 57.8 Å². The van der Waals surface area contributed by atoms with E-state index in [1.807, 2.05) is 0 Å². The van der Waals surface area contributed by atoms with Gasteiger partial charge in [0, 0.05) is 6.04 Å². The molecule has 0 heterocycles. The van der Waals surface area contributed by atoms with Gasteiger partial charge in [0.05, 0.1) is 19.3 Å². The number of nitrogens with one attached hydrogen (secondary N) is 1. The monoisotopic (exact) mass is 381 g/mol. The van der Waals surface area contributed by atoms with Crippen LogP contribution in [0.4, 0.5) is 0 Å². The van der Waals surface area contributed by atoms with Crippen LogP contribution >= 0.6 is 24.0 Å². The second-order valence-corrected chi connectivity index (χ2v) is 5.52. The molecule has 2 fully saturated rings. The van der Waals surface area contributed by atoms with Gasteiger partial charge in [-0.25, -0.2) is 0 Å². The van der Waals surface area contributed by atoms with E-state index in [4.69, 9.17) is 10.5 Å². The van der Waals surface area contributed by atoms with Crippen LogP contribution in [0.5, 0.6) is 0 Å². The van der Waals surface area contributed by atoms with Crippen molar-refractivity contribution in [2.45, 2.75) is 69.9 Å². The number of nitrogens with zero attached hydrogens (tertiary/aromatic N) is 1. The summed E-state index contributed by atoms with van der Waals surface area (Å²) in [6, 6.07) is 0.549. The summed E-state index contributed by atoms with van der Waals surface area (Å²) >= 11 is 0. The quantitative estimate of drug-likeness (QED) is 0.333. The van der Waals surface area contributed by atoms with Crippen LogP contribution in [-0.4, -0.2) is 31.3 Å². The molecule has 0 saturated heterocycles. The van der Waals surface area contributed by atoms with Gasteiger partial charge in [-0.1, -0.05) is 32.1 Å². The Morgan fingerprint density at radius 3 is 2.37 bits per heavy atom. The maximum atomic E-state index is 5.86. The number of guanidine groups is 1. The van der Waals surface area contributed by atoms with Crippen LogP contribution in [0.15, 0.2) is 4.99 Å². The zero-order valence-corrected chi connectivity index (χ0v) is 14.1. The van der Waals surface area contributed by atoms with Crippen molar-refractivity contribution in [2.75, 3.05) is 13.2 Å². The molecule has 0 aromatic carbocycles. The van der Waals surface area contributed by atoms with Crippen molar-refractivity contribution >= 4 is 29.9 Å². The fraction of sp³-hybridized carbons (Fsp3) is 0.929. The van der Waals surface area contributed by atoms with E-state index < -0.39 is 0 Å². The van der Waals surface area contributed by atoms with Crippen molar-refractivity contribution in [3.05, 3.63) is 0 Å². The maximum Gasteiger partial charge on any atom is 0.188 e. The van der Waals surface area contributed by atoms with Gasteiger partial charge in [-0.05, 0) is 25.7 Å². The summed E-state index contributed by atoms with van der Waals surface area (Å²) in [7, 11) is 0. The summed E-state index contributed by atoms with van der Waals surface area (Å²) in [6.07, 6.45) is 12.0. The van der Waals surface area contributed by atoms with E-state index in [0.717, 1.165) is 0 Å². The number of hydrogen-bond donors (Lipinski definition) is 2. The first-order chi connectivity index (χ1) is 8.84. The van der Waals surface area contributed by atoms with Gasteiger partial charge >= 0.3 is 0 Å². The number of nitrogens with two attached hydrogens (primary N) is 1. The van der Waals surface area contributed by atoms with Gasteiger partial charge in [0.1, 0.15) is 0 Å². The van der Waals surface area contributed by atoms with Gasteiger partial charge in [0.2, 0.25) is 0 Å². The number of rotatable bonds is 5. The molecule has 4 nitrogen and oxygen atoms in total. The average molecular weight is 381 g/mol. The summed E-state index contributed by atoms with van der Waals surface area (Å²) < 4.78 is 5.81. The summed E-state index contributed by atoms with van der Waals surface area (Å²) in [5.41, 5.74) is 5.86. The maximum absolute atomic E-state index is 5.86. The predicted molar refractivity (Wildman–Crippen MR) is 90.1 cm³/mol. The Morgan fingerprint density at radius 1 is 1.05 bits per heavy atom. The zero-order valence-electron chi connectivity index (χ0n) is 11.8. The molecule has 0 aromatic rings. The van der Waals surface area contributed by atoms with Gasteiger partial charge < -0.3 is 15.8 Å². The first kappa shape index (κ1) is 17.0. The fourth-order valence-corrected chi connectivity index (χ4v) is 2.94. The molecule has 0 atom stereocenters. The molecule has 2 saturated carbocycles. The van der Waals surface area contributed by atoms with Gasteiger partial charge in [-0.2, -0.15) is 0 Å². The highest BCUT2D eigenvalue weighted by molar-refractivity contribution is 14.0. The predicted octanol–water partition coefficient (Wildman–Crippen LogP) is 2.80. The van der Waals surface area contributed by atoms with Crippen LogP contribution in [0.3, 0.4) is 0 Å². The number of aliphatic imine (C=N–C) groups is 1. The highest BCUT2D eigenvalue weighted by Gasteiger charge is 2.15. The molecule has 19 heavy (non-hydrogen) atoms. The number of ether oxygens (including phenoxy) is 1. The molecule has 0 spiro atoms. The Hall–Kier alpha value is -0.0400. The van der Waals surface area contributed by atoms with Gasteiger partial charge in [-0.3, -0.25) is 4.99 Å². The van der Waals surface area contributed by atoms with E-state index in [9.17, 15) is 0 Å². The van der Waals surface area contributed by atoms with Crippen molar-refractivity contribution < 1.29 is 4.74 Å². The third kappa shape index (κ3) is 6.79. The van der Waals surface area contributed by atoms with Crippen LogP contribution in [0.2, 0.25) is 0 Å². The lowest BCUT2D eigenvalue weighted by atomic mass is 9.98. The molecule has 112 valence electrons. The van der Waals surface area contributed by atoms with Crippen molar-refractivity contribution in [3.63, 3.8) is 0 Å². The minimum absolute atomic E-state index is 0. The average Bonchev–Trinajstić information content (AvgIpc) is 2.89. The van der Waals surface area contributed by atoms with E-state index in [1.165, 1.54) is 57.8 Å². The minimum atomic E-state index is 0. The van der Waals surface area contributed by atoms with E-state index in [0.29, 0.717) is 31.3 Å². The summed E-state index contributed by atoms with van der Waals surface area (Å²) in [4.78, 5) is 4.33. The Balaban J connectivity index is 0.00000180. The third-order valence-corrected chi connectivity index (χ3v) is 3.99. The molecular formula is C14H28IN3O. The first-order valence-electron chi connectivity index (χ1n) is 7.52. The molecule has 2 aliphatic rings. The summed E-state index contributed by atoms with van der Waals surface area (Å²) in [5, 5.41) is 3.29.